The highest BCUT2D eigenvalue weighted by Gasteiger charge is 2.35. The molecule has 5 heteroatoms. The van der Waals surface area contributed by atoms with Gasteiger partial charge in [-0.05, 0) is 54.0 Å². The van der Waals surface area contributed by atoms with Gasteiger partial charge in [-0.25, -0.2) is 0 Å². The minimum absolute atomic E-state index is 0.0132. The molecule has 0 radical (unpaired) electrons. The zero-order valence-corrected chi connectivity index (χ0v) is 13.2. The van der Waals surface area contributed by atoms with Gasteiger partial charge in [-0.3, -0.25) is 4.90 Å². The lowest BCUT2D eigenvalue weighted by Crippen LogP contribution is -2.50. The van der Waals surface area contributed by atoms with Gasteiger partial charge in [0.1, 0.15) is 0 Å². The molecule has 2 nitrogen and oxygen atoms in total. The second-order valence-electron chi connectivity index (χ2n) is 6.73. The van der Waals surface area contributed by atoms with Crippen molar-refractivity contribution in [1.82, 2.24) is 10.2 Å². The molecule has 0 rings (SSSR count). The van der Waals surface area contributed by atoms with Crippen LogP contribution in [0.4, 0.5) is 13.2 Å². The molecule has 19 heavy (non-hydrogen) atoms. The van der Waals surface area contributed by atoms with E-state index in [-0.39, 0.29) is 23.5 Å². The lowest BCUT2D eigenvalue weighted by atomic mass is 9.98. The number of hydrogen-bond acceptors (Lipinski definition) is 2. The Kier molecular flexibility index (Phi) is 6.83. The van der Waals surface area contributed by atoms with Gasteiger partial charge in [-0.15, -0.1) is 0 Å². The molecule has 0 aliphatic carbocycles. The second kappa shape index (κ2) is 6.93. The monoisotopic (exact) mass is 282 g/mol. The average molecular weight is 282 g/mol. The number of nitrogens with zero attached hydrogens (tertiary/aromatic N) is 1. The van der Waals surface area contributed by atoms with E-state index in [1.165, 1.54) is 4.90 Å². The van der Waals surface area contributed by atoms with Crippen LogP contribution in [-0.4, -0.2) is 41.8 Å². The maximum Gasteiger partial charge on any atom is 0.401 e. The average Bonchev–Trinajstić information content (AvgIpc) is 2.18. The van der Waals surface area contributed by atoms with Crippen LogP contribution in [0.3, 0.4) is 0 Å². The molecule has 0 saturated carbocycles. The van der Waals surface area contributed by atoms with Crippen LogP contribution < -0.4 is 5.32 Å². The Morgan fingerprint density at radius 3 is 1.79 bits per heavy atom. The third-order valence-electron chi connectivity index (χ3n) is 3.33. The van der Waals surface area contributed by atoms with Gasteiger partial charge in [0.05, 0.1) is 6.54 Å². The van der Waals surface area contributed by atoms with Crippen LogP contribution in [0.5, 0.6) is 0 Å². The zero-order valence-electron chi connectivity index (χ0n) is 13.2. The smallest absolute Gasteiger partial charge is 0.312 e. The number of hydrogen-bond donors (Lipinski definition) is 1. The van der Waals surface area contributed by atoms with Gasteiger partial charge in [0, 0.05) is 17.6 Å². The maximum atomic E-state index is 12.6. The highest BCUT2D eigenvalue weighted by molar-refractivity contribution is 4.81. The van der Waals surface area contributed by atoms with E-state index in [0.717, 1.165) is 0 Å². The fourth-order valence-corrected chi connectivity index (χ4v) is 1.97. The summed E-state index contributed by atoms with van der Waals surface area (Å²) in [6.07, 6.45) is -4.14. The summed E-state index contributed by atoms with van der Waals surface area (Å²) in [4.78, 5) is 1.52. The summed E-state index contributed by atoms with van der Waals surface area (Å²) in [7, 11) is 0. The summed E-state index contributed by atoms with van der Waals surface area (Å²) in [5.74, 6) is 0.156. The molecule has 0 bridgehead atoms. The van der Waals surface area contributed by atoms with E-state index in [1.807, 2.05) is 27.7 Å². The first kappa shape index (κ1) is 18.7. The molecular weight excluding hydrogens is 253 g/mol. The number of halogens is 3. The van der Waals surface area contributed by atoms with E-state index in [4.69, 9.17) is 0 Å². The molecule has 2 unspecified atom stereocenters. The predicted octanol–water partition coefficient (Wildman–Crippen LogP) is 3.67. The molecular formula is C14H29F3N2. The normalized spacial score (nSPS) is 17.1. The van der Waals surface area contributed by atoms with Crippen molar-refractivity contribution in [2.24, 2.45) is 5.92 Å². The van der Waals surface area contributed by atoms with Crippen LogP contribution in [0.1, 0.15) is 48.5 Å². The highest BCUT2D eigenvalue weighted by atomic mass is 19.4. The standard InChI is InChI=1S/C14H29F3N2/c1-10(2)19(9-14(15,16)17)12(4)11(3)8-18-13(5,6)7/h10-12,18H,8-9H2,1-7H3. The first-order chi connectivity index (χ1) is 8.33. The van der Waals surface area contributed by atoms with E-state index >= 15 is 0 Å². The van der Waals surface area contributed by atoms with E-state index in [1.54, 1.807) is 0 Å². The van der Waals surface area contributed by atoms with Crippen LogP contribution in [0, 0.1) is 5.92 Å². The topological polar surface area (TPSA) is 15.3 Å². The third-order valence-corrected chi connectivity index (χ3v) is 3.33. The van der Waals surface area contributed by atoms with Gasteiger partial charge < -0.3 is 5.32 Å². The molecule has 0 heterocycles. The Bertz CT molecular complexity index is 256. The van der Waals surface area contributed by atoms with E-state index < -0.39 is 12.7 Å². The lowest BCUT2D eigenvalue weighted by Gasteiger charge is -2.37. The fraction of sp³-hybridized carbons (Fsp3) is 1.00. The molecule has 2 atom stereocenters. The van der Waals surface area contributed by atoms with Crippen molar-refractivity contribution in [2.45, 2.75) is 72.3 Å². The summed E-state index contributed by atoms with van der Waals surface area (Å²) in [6, 6.07) is -0.231. The molecule has 0 fully saturated rings. The molecule has 0 aromatic carbocycles. The Morgan fingerprint density at radius 1 is 1.00 bits per heavy atom. The fourth-order valence-electron chi connectivity index (χ4n) is 1.97. The summed E-state index contributed by atoms with van der Waals surface area (Å²) in [5, 5.41) is 3.35. The molecule has 0 saturated heterocycles. The van der Waals surface area contributed by atoms with E-state index in [9.17, 15) is 13.2 Å². The minimum atomic E-state index is -4.14. The number of alkyl halides is 3. The van der Waals surface area contributed by atoms with Crippen LogP contribution >= 0.6 is 0 Å². The van der Waals surface area contributed by atoms with Crippen molar-refractivity contribution in [2.75, 3.05) is 13.1 Å². The van der Waals surface area contributed by atoms with Gasteiger partial charge in [0.15, 0.2) is 0 Å². The molecule has 0 aromatic rings. The number of rotatable bonds is 6. The molecule has 116 valence electrons. The second-order valence-corrected chi connectivity index (χ2v) is 6.73. The van der Waals surface area contributed by atoms with Gasteiger partial charge >= 0.3 is 6.18 Å². The van der Waals surface area contributed by atoms with Crippen LogP contribution in [0.25, 0.3) is 0 Å². The molecule has 0 aliphatic heterocycles. The van der Waals surface area contributed by atoms with Crippen molar-refractivity contribution in [3.05, 3.63) is 0 Å². The molecule has 0 spiro atoms. The summed E-state index contributed by atoms with van der Waals surface area (Å²) in [5.41, 5.74) is -0.0132. The molecule has 0 aromatic heterocycles. The van der Waals surface area contributed by atoms with E-state index in [0.29, 0.717) is 6.54 Å². The van der Waals surface area contributed by atoms with Crippen LogP contribution in [0.2, 0.25) is 0 Å². The van der Waals surface area contributed by atoms with Crippen molar-refractivity contribution >= 4 is 0 Å². The van der Waals surface area contributed by atoms with E-state index in [2.05, 4.69) is 26.1 Å². The van der Waals surface area contributed by atoms with Gasteiger partial charge in [-0.2, -0.15) is 13.2 Å². The first-order valence-corrected chi connectivity index (χ1v) is 6.91. The van der Waals surface area contributed by atoms with Gasteiger partial charge in [-0.1, -0.05) is 6.92 Å². The maximum absolute atomic E-state index is 12.6. The van der Waals surface area contributed by atoms with Crippen LogP contribution in [0.15, 0.2) is 0 Å². The van der Waals surface area contributed by atoms with Crippen molar-refractivity contribution < 1.29 is 13.2 Å². The summed E-state index contributed by atoms with van der Waals surface area (Å²) < 4.78 is 37.8. The Balaban J connectivity index is 4.58. The quantitative estimate of drug-likeness (QED) is 0.799. The first-order valence-electron chi connectivity index (χ1n) is 6.91. The molecule has 1 N–H and O–H groups in total. The summed E-state index contributed by atoms with van der Waals surface area (Å²) >= 11 is 0. The number of nitrogens with one attached hydrogen (secondary N) is 1. The SMILES string of the molecule is CC(CNC(C)(C)C)C(C)N(CC(F)(F)F)C(C)C. The lowest BCUT2D eigenvalue weighted by molar-refractivity contribution is -0.156. The third kappa shape index (κ3) is 8.47. The Labute approximate surface area is 115 Å². The Morgan fingerprint density at radius 2 is 1.47 bits per heavy atom. The van der Waals surface area contributed by atoms with Crippen LogP contribution in [-0.2, 0) is 0 Å². The highest BCUT2D eigenvalue weighted by Crippen LogP contribution is 2.22. The van der Waals surface area contributed by atoms with Crippen molar-refractivity contribution in [3.8, 4) is 0 Å². The zero-order chi connectivity index (χ0) is 15.4. The minimum Gasteiger partial charge on any atom is -0.312 e. The van der Waals surface area contributed by atoms with Crippen molar-refractivity contribution in [1.29, 1.82) is 0 Å². The predicted molar refractivity (Wildman–Crippen MR) is 74.3 cm³/mol. The Hall–Kier alpha value is -0.290. The van der Waals surface area contributed by atoms with Gasteiger partial charge in [0.2, 0.25) is 0 Å². The largest absolute Gasteiger partial charge is 0.401 e. The van der Waals surface area contributed by atoms with Gasteiger partial charge in [0.25, 0.3) is 0 Å². The summed E-state index contributed by atoms with van der Waals surface area (Å²) in [6.45, 7) is 13.5. The van der Waals surface area contributed by atoms with Crippen molar-refractivity contribution in [3.63, 3.8) is 0 Å². The molecule has 0 aliphatic rings. The molecule has 0 amide bonds.